The van der Waals surface area contributed by atoms with E-state index in [1.54, 1.807) is 0 Å². The molecular formula is C41H28N2. The van der Waals surface area contributed by atoms with E-state index in [0.717, 1.165) is 28.0 Å². The predicted octanol–water partition coefficient (Wildman–Crippen LogP) is 10.8. The molecule has 0 fully saturated rings. The molecule has 0 saturated heterocycles. The highest BCUT2D eigenvalue weighted by Crippen LogP contribution is 2.39. The topological polar surface area (TPSA) is 17.8 Å². The maximum absolute atomic E-state index is 4.94. The van der Waals surface area contributed by atoms with Crippen LogP contribution in [0.1, 0.15) is 0 Å². The molecule has 2 nitrogen and oxygen atoms in total. The lowest BCUT2D eigenvalue weighted by molar-refractivity contribution is 1.17. The first-order valence-corrected chi connectivity index (χ1v) is 14.6. The van der Waals surface area contributed by atoms with Crippen LogP contribution >= 0.6 is 0 Å². The summed E-state index contributed by atoms with van der Waals surface area (Å²) in [6.07, 6.45) is 1.94. The first kappa shape index (κ1) is 25.0. The monoisotopic (exact) mass is 548 g/mol. The van der Waals surface area contributed by atoms with Crippen LogP contribution in [0.25, 0.3) is 72.1 Å². The average molecular weight is 549 g/mol. The van der Waals surface area contributed by atoms with Gasteiger partial charge in [0.25, 0.3) is 0 Å². The lowest BCUT2D eigenvalue weighted by Gasteiger charge is -2.13. The Hall–Kier alpha value is -5.73. The molecule has 0 aliphatic rings. The third-order valence-corrected chi connectivity index (χ3v) is 8.24. The Morgan fingerprint density at radius 2 is 0.907 bits per heavy atom. The van der Waals surface area contributed by atoms with E-state index < -0.39 is 0 Å². The molecule has 0 bridgehead atoms. The van der Waals surface area contributed by atoms with Crippen molar-refractivity contribution in [3.63, 3.8) is 0 Å². The molecule has 202 valence electrons. The summed E-state index contributed by atoms with van der Waals surface area (Å²) in [6, 6.07) is 58.3. The summed E-state index contributed by atoms with van der Waals surface area (Å²) in [6.45, 7) is 0. The normalized spacial score (nSPS) is 11.3. The van der Waals surface area contributed by atoms with Gasteiger partial charge in [0, 0.05) is 28.2 Å². The minimum absolute atomic E-state index is 0.979. The molecule has 0 amide bonds. The van der Waals surface area contributed by atoms with Crippen LogP contribution in [0.4, 0.5) is 0 Å². The fourth-order valence-electron chi connectivity index (χ4n) is 6.18. The molecule has 43 heavy (non-hydrogen) atoms. The van der Waals surface area contributed by atoms with E-state index in [4.69, 9.17) is 4.98 Å². The number of hydrogen-bond acceptors (Lipinski definition) is 1. The zero-order valence-corrected chi connectivity index (χ0v) is 23.6. The van der Waals surface area contributed by atoms with Gasteiger partial charge in [0.15, 0.2) is 0 Å². The molecule has 0 spiro atoms. The molecule has 2 heterocycles. The molecule has 6 aromatic carbocycles. The van der Waals surface area contributed by atoms with Crippen molar-refractivity contribution in [2.45, 2.75) is 0 Å². The summed E-state index contributed by atoms with van der Waals surface area (Å²) in [5.74, 6) is 0. The summed E-state index contributed by atoms with van der Waals surface area (Å²) in [7, 11) is 0. The molecule has 2 heteroatoms. The second-order valence-corrected chi connectivity index (χ2v) is 10.9. The fourth-order valence-corrected chi connectivity index (χ4v) is 6.18. The fraction of sp³-hybridized carbons (Fsp3) is 0. The molecule has 0 radical (unpaired) electrons. The average Bonchev–Trinajstić information content (AvgIpc) is 3.43. The molecule has 0 N–H and O–H groups in total. The Kier molecular flexibility index (Phi) is 6.16. The van der Waals surface area contributed by atoms with Gasteiger partial charge in [-0.3, -0.25) is 4.98 Å². The van der Waals surface area contributed by atoms with Gasteiger partial charge in [-0.1, -0.05) is 127 Å². The SMILES string of the molecule is c1ccc(-c2cccc(-c3ccc4c(c3)c3ccnc(-c5ccccc5)c3n4-c3cccc(-c4ccccc4)c3)c2)cc1. The van der Waals surface area contributed by atoms with Crippen LogP contribution in [0.2, 0.25) is 0 Å². The van der Waals surface area contributed by atoms with Crippen LogP contribution in [0.3, 0.4) is 0 Å². The summed E-state index contributed by atoms with van der Waals surface area (Å²) in [5.41, 5.74) is 12.7. The Morgan fingerprint density at radius 3 is 1.58 bits per heavy atom. The summed E-state index contributed by atoms with van der Waals surface area (Å²) >= 11 is 0. The second kappa shape index (κ2) is 10.6. The first-order valence-electron chi connectivity index (χ1n) is 14.6. The summed E-state index contributed by atoms with van der Waals surface area (Å²) in [5, 5.41) is 2.40. The molecule has 0 aliphatic carbocycles. The maximum atomic E-state index is 4.94. The number of hydrogen-bond donors (Lipinski definition) is 0. The quantitative estimate of drug-likeness (QED) is 0.209. The zero-order valence-electron chi connectivity index (χ0n) is 23.6. The smallest absolute Gasteiger partial charge is 0.0948 e. The van der Waals surface area contributed by atoms with Crippen molar-refractivity contribution in [2.75, 3.05) is 0 Å². The number of aromatic nitrogens is 2. The van der Waals surface area contributed by atoms with Crippen molar-refractivity contribution in [2.24, 2.45) is 0 Å². The van der Waals surface area contributed by atoms with E-state index in [9.17, 15) is 0 Å². The van der Waals surface area contributed by atoms with Gasteiger partial charge in [0.1, 0.15) is 0 Å². The van der Waals surface area contributed by atoms with Crippen LogP contribution in [0, 0.1) is 0 Å². The molecule has 8 rings (SSSR count). The van der Waals surface area contributed by atoms with Crippen molar-refractivity contribution in [1.82, 2.24) is 9.55 Å². The Labute approximate surface area is 251 Å². The van der Waals surface area contributed by atoms with Crippen molar-refractivity contribution in [3.8, 4) is 50.3 Å². The van der Waals surface area contributed by atoms with E-state index in [0.29, 0.717) is 0 Å². The van der Waals surface area contributed by atoms with Gasteiger partial charge in [-0.25, -0.2) is 0 Å². The summed E-state index contributed by atoms with van der Waals surface area (Å²) < 4.78 is 2.39. The third kappa shape index (κ3) is 4.50. The molecule has 0 atom stereocenters. The van der Waals surface area contributed by atoms with Crippen LogP contribution in [-0.2, 0) is 0 Å². The zero-order chi connectivity index (χ0) is 28.6. The van der Waals surface area contributed by atoms with Crippen molar-refractivity contribution >= 4 is 21.8 Å². The predicted molar refractivity (Wildman–Crippen MR) is 180 cm³/mol. The summed E-state index contributed by atoms with van der Waals surface area (Å²) in [4.78, 5) is 4.94. The molecule has 0 aliphatic heterocycles. The highest BCUT2D eigenvalue weighted by molar-refractivity contribution is 6.14. The number of benzene rings is 6. The van der Waals surface area contributed by atoms with Crippen LogP contribution in [-0.4, -0.2) is 9.55 Å². The number of pyridine rings is 1. The minimum atomic E-state index is 0.979. The van der Waals surface area contributed by atoms with Crippen LogP contribution in [0.5, 0.6) is 0 Å². The van der Waals surface area contributed by atoms with Crippen molar-refractivity contribution < 1.29 is 0 Å². The highest BCUT2D eigenvalue weighted by Gasteiger charge is 2.18. The first-order chi connectivity index (χ1) is 21.3. The van der Waals surface area contributed by atoms with E-state index in [-0.39, 0.29) is 0 Å². The van der Waals surface area contributed by atoms with Crippen molar-refractivity contribution in [3.05, 3.63) is 170 Å². The Bertz CT molecular complexity index is 2210. The third-order valence-electron chi connectivity index (χ3n) is 8.24. The second-order valence-electron chi connectivity index (χ2n) is 10.9. The van der Waals surface area contributed by atoms with Gasteiger partial charge in [0.2, 0.25) is 0 Å². The van der Waals surface area contributed by atoms with Crippen molar-refractivity contribution in [1.29, 1.82) is 0 Å². The van der Waals surface area contributed by atoms with Gasteiger partial charge in [-0.2, -0.15) is 0 Å². The molecule has 0 saturated carbocycles. The minimum Gasteiger partial charge on any atom is -0.307 e. The molecular weight excluding hydrogens is 520 g/mol. The maximum Gasteiger partial charge on any atom is 0.0948 e. The lowest BCUT2D eigenvalue weighted by atomic mass is 9.98. The van der Waals surface area contributed by atoms with E-state index in [1.807, 2.05) is 6.20 Å². The van der Waals surface area contributed by atoms with E-state index in [1.165, 1.54) is 44.2 Å². The van der Waals surface area contributed by atoms with Gasteiger partial charge >= 0.3 is 0 Å². The Balaban J connectivity index is 1.38. The molecule has 0 unspecified atom stereocenters. The van der Waals surface area contributed by atoms with Crippen LogP contribution < -0.4 is 0 Å². The lowest BCUT2D eigenvalue weighted by Crippen LogP contribution is -1.97. The van der Waals surface area contributed by atoms with E-state index in [2.05, 4.69) is 168 Å². The molecule has 8 aromatic rings. The van der Waals surface area contributed by atoms with E-state index >= 15 is 0 Å². The Morgan fingerprint density at radius 1 is 0.372 bits per heavy atom. The van der Waals surface area contributed by atoms with Gasteiger partial charge in [-0.05, 0) is 69.8 Å². The van der Waals surface area contributed by atoms with Crippen LogP contribution in [0.15, 0.2) is 170 Å². The van der Waals surface area contributed by atoms with Gasteiger partial charge in [0.05, 0.1) is 16.7 Å². The standard InChI is InChI=1S/C41H28N2/c1-4-12-29(13-5-1)32-18-10-19-33(26-32)35-22-23-39-38(28-35)37-24-25-42-40(31-16-8-3-9-17-31)41(37)43(39)36-21-11-20-34(27-36)30-14-6-2-7-15-30/h1-28H. The molecule has 2 aromatic heterocycles. The number of nitrogens with zero attached hydrogens (tertiary/aromatic N) is 2. The highest BCUT2D eigenvalue weighted by atomic mass is 15.0. The van der Waals surface area contributed by atoms with Gasteiger partial charge in [-0.15, -0.1) is 0 Å². The van der Waals surface area contributed by atoms with Gasteiger partial charge < -0.3 is 4.57 Å². The number of rotatable bonds is 5. The number of fused-ring (bicyclic) bond motifs is 3. The largest absolute Gasteiger partial charge is 0.307 e.